The van der Waals surface area contributed by atoms with Crippen molar-refractivity contribution < 1.29 is 9.53 Å². The third kappa shape index (κ3) is 5.41. The lowest BCUT2D eigenvalue weighted by atomic mass is 10.2. The quantitative estimate of drug-likeness (QED) is 0.469. The number of carbonyl (C=O) groups excluding carboxylic acids is 1. The molecule has 0 spiro atoms. The van der Waals surface area contributed by atoms with Gasteiger partial charge in [-0.3, -0.25) is 14.6 Å². The highest BCUT2D eigenvalue weighted by Gasteiger charge is 2.12. The van der Waals surface area contributed by atoms with Gasteiger partial charge >= 0.3 is 0 Å². The summed E-state index contributed by atoms with van der Waals surface area (Å²) < 4.78 is 8.94. The van der Waals surface area contributed by atoms with Crippen LogP contribution in [-0.2, 0) is 14.1 Å². The van der Waals surface area contributed by atoms with Crippen LogP contribution in [0.1, 0.15) is 23.0 Å². The number of imidazole rings is 1. The van der Waals surface area contributed by atoms with Gasteiger partial charge in [-0.1, -0.05) is 6.58 Å². The van der Waals surface area contributed by atoms with E-state index in [-0.39, 0.29) is 11.1 Å². The SMILES string of the molecule is C=C/N=C(\C=C(/C)Oc1ccc(NC(=O)c2cccn(C)c2=O)nc1)c1cn(C)cn1. The number of hydrogen-bond acceptors (Lipinski definition) is 6. The molecule has 9 nitrogen and oxygen atoms in total. The number of carbonyl (C=O) groups is 1. The van der Waals surface area contributed by atoms with Crippen molar-refractivity contribution >= 4 is 17.4 Å². The Balaban J connectivity index is 1.69. The molecule has 0 atom stereocenters. The fraction of sp³-hybridized carbons (Fsp3) is 0.136. The number of amides is 1. The van der Waals surface area contributed by atoms with Crippen LogP contribution < -0.4 is 15.6 Å². The fourth-order valence-electron chi connectivity index (χ4n) is 2.70. The largest absolute Gasteiger partial charge is 0.460 e. The van der Waals surface area contributed by atoms with Crippen LogP contribution in [0.2, 0.25) is 0 Å². The molecule has 0 aliphatic rings. The van der Waals surface area contributed by atoms with Gasteiger partial charge in [0.2, 0.25) is 0 Å². The first-order chi connectivity index (χ1) is 14.9. The number of hydrogen-bond donors (Lipinski definition) is 1. The zero-order valence-corrected chi connectivity index (χ0v) is 17.4. The lowest BCUT2D eigenvalue weighted by molar-refractivity contribution is 0.102. The monoisotopic (exact) mass is 418 g/mol. The highest BCUT2D eigenvalue weighted by atomic mass is 16.5. The molecule has 158 valence electrons. The summed E-state index contributed by atoms with van der Waals surface area (Å²) in [6, 6.07) is 6.34. The summed E-state index contributed by atoms with van der Waals surface area (Å²) in [7, 11) is 3.45. The van der Waals surface area contributed by atoms with Crippen molar-refractivity contribution in [3.63, 3.8) is 0 Å². The first kappa shape index (κ1) is 21.4. The number of anilines is 1. The number of aryl methyl sites for hydroxylation is 2. The Kier molecular flexibility index (Phi) is 6.56. The standard InChI is InChI=1S/C22H22N6O3/c1-5-23-18(19-13-27(3)14-25-19)11-15(2)31-16-8-9-20(24-12-16)26-21(29)17-7-6-10-28(4)22(17)30/h5-14H,1H2,2-4H3,(H,24,26,29)/b15-11+,23-18+. The minimum absolute atomic E-state index is 0.0365. The van der Waals surface area contributed by atoms with Crippen molar-refractivity contribution in [2.75, 3.05) is 5.32 Å². The molecule has 0 unspecified atom stereocenters. The molecule has 0 aromatic carbocycles. The predicted octanol–water partition coefficient (Wildman–Crippen LogP) is 2.68. The summed E-state index contributed by atoms with van der Waals surface area (Å²) in [6.45, 7) is 5.41. The van der Waals surface area contributed by atoms with Gasteiger partial charge in [0.25, 0.3) is 11.5 Å². The molecular weight excluding hydrogens is 396 g/mol. The van der Waals surface area contributed by atoms with Crippen molar-refractivity contribution in [1.29, 1.82) is 0 Å². The topological polar surface area (TPSA) is 103 Å². The maximum absolute atomic E-state index is 12.3. The lowest BCUT2D eigenvalue weighted by Crippen LogP contribution is -2.27. The highest BCUT2D eigenvalue weighted by Crippen LogP contribution is 2.16. The van der Waals surface area contributed by atoms with Gasteiger partial charge in [-0.25, -0.2) is 9.97 Å². The van der Waals surface area contributed by atoms with Gasteiger partial charge in [0.15, 0.2) is 0 Å². The van der Waals surface area contributed by atoms with Crippen LogP contribution in [0, 0.1) is 0 Å². The second kappa shape index (κ2) is 9.49. The summed E-state index contributed by atoms with van der Waals surface area (Å²) in [5.74, 6) is 0.810. The average Bonchev–Trinajstić information content (AvgIpc) is 3.17. The van der Waals surface area contributed by atoms with E-state index in [1.54, 1.807) is 50.8 Å². The minimum atomic E-state index is -0.529. The van der Waals surface area contributed by atoms with Gasteiger partial charge in [0.1, 0.15) is 28.6 Å². The molecule has 9 heteroatoms. The molecule has 0 radical (unpaired) electrons. The average molecular weight is 418 g/mol. The van der Waals surface area contributed by atoms with Crippen LogP contribution in [0.5, 0.6) is 5.75 Å². The number of nitrogens with zero attached hydrogens (tertiary/aromatic N) is 5. The summed E-state index contributed by atoms with van der Waals surface area (Å²) in [5.41, 5.74) is 0.947. The van der Waals surface area contributed by atoms with Gasteiger partial charge in [-0.2, -0.15) is 0 Å². The van der Waals surface area contributed by atoms with E-state index in [9.17, 15) is 9.59 Å². The second-order valence-corrected chi connectivity index (χ2v) is 6.65. The summed E-state index contributed by atoms with van der Waals surface area (Å²) in [4.78, 5) is 37.1. The third-order valence-corrected chi connectivity index (χ3v) is 4.16. The minimum Gasteiger partial charge on any atom is -0.460 e. The van der Waals surface area contributed by atoms with Gasteiger partial charge in [-0.05, 0) is 31.2 Å². The number of aromatic nitrogens is 4. The van der Waals surface area contributed by atoms with Gasteiger partial charge in [0, 0.05) is 38.8 Å². The molecule has 0 bridgehead atoms. The molecule has 31 heavy (non-hydrogen) atoms. The summed E-state index contributed by atoms with van der Waals surface area (Å²) >= 11 is 0. The Hall–Kier alpha value is -4.27. The van der Waals surface area contributed by atoms with Crippen molar-refractivity contribution in [2.24, 2.45) is 19.1 Å². The molecule has 0 aliphatic carbocycles. The lowest BCUT2D eigenvalue weighted by Gasteiger charge is -2.08. The fourth-order valence-corrected chi connectivity index (χ4v) is 2.70. The van der Waals surface area contributed by atoms with Gasteiger partial charge < -0.3 is 19.2 Å². The Morgan fingerprint density at radius 3 is 2.71 bits per heavy atom. The molecule has 0 saturated heterocycles. The normalized spacial score (nSPS) is 11.8. The summed E-state index contributed by atoms with van der Waals surface area (Å²) in [6.07, 6.45) is 9.75. The van der Waals surface area contributed by atoms with E-state index in [1.165, 1.54) is 23.0 Å². The van der Waals surface area contributed by atoms with Crippen LogP contribution in [0.15, 0.2) is 83.6 Å². The Labute approximate surface area is 179 Å². The third-order valence-electron chi connectivity index (χ3n) is 4.16. The van der Waals surface area contributed by atoms with Crippen LogP contribution in [-0.4, -0.2) is 30.7 Å². The van der Waals surface area contributed by atoms with Crippen LogP contribution >= 0.6 is 0 Å². The van der Waals surface area contributed by atoms with Crippen LogP contribution in [0.4, 0.5) is 5.82 Å². The summed E-state index contributed by atoms with van der Waals surface area (Å²) in [5, 5.41) is 2.61. The van der Waals surface area contributed by atoms with E-state index in [1.807, 2.05) is 17.8 Å². The number of allylic oxidation sites excluding steroid dienone is 2. The number of nitrogens with one attached hydrogen (secondary N) is 1. The molecule has 3 rings (SSSR count). The zero-order valence-electron chi connectivity index (χ0n) is 17.4. The van der Waals surface area contributed by atoms with E-state index in [0.29, 0.717) is 28.7 Å². The molecule has 3 heterocycles. The molecular formula is C22H22N6O3. The van der Waals surface area contributed by atoms with Crippen LogP contribution in [0.3, 0.4) is 0 Å². The van der Waals surface area contributed by atoms with Gasteiger partial charge in [-0.15, -0.1) is 0 Å². The first-order valence-corrected chi connectivity index (χ1v) is 9.33. The van der Waals surface area contributed by atoms with E-state index >= 15 is 0 Å². The van der Waals surface area contributed by atoms with Crippen molar-refractivity contribution in [3.8, 4) is 5.75 Å². The molecule has 1 N–H and O–H groups in total. The molecule has 0 saturated carbocycles. The molecule has 0 aliphatic heterocycles. The van der Waals surface area contributed by atoms with Gasteiger partial charge in [0.05, 0.1) is 18.2 Å². The molecule has 0 fully saturated rings. The molecule has 3 aromatic heterocycles. The Morgan fingerprint density at radius 2 is 2.06 bits per heavy atom. The van der Waals surface area contributed by atoms with E-state index in [2.05, 4.69) is 26.9 Å². The van der Waals surface area contributed by atoms with Crippen LogP contribution in [0.25, 0.3) is 0 Å². The van der Waals surface area contributed by atoms with E-state index < -0.39 is 5.91 Å². The smallest absolute Gasteiger partial charge is 0.263 e. The Bertz CT molecular complexity index is 1220. The number of ether oxygens (including phenoxy) is 1. The van der Waals surface area contributed by atoms with Crippen molar-refractivity contribution in [1.82, 2.24) is 19.1 Å². The maximum atomic E-state index is 12.3. The van der Waals surface area contributed by atoms with E-state index in [4.69, 9.17) is 4.74 Å². The molecule has 1 amide bonds. The van der Waals surface area contributed by atoms with E-state index in [0.717, 1.165) is 0 Å². The first-order valence-electron chi connectivity index (χ1n) is 9.33. The number of rotatable bonds is 7. The Morgan fingerprint density at radius 1 is 1.26 bits per heavy atom. The second-order valence-electron chi connectivity index (χ2n) is 6.65. The zero-order chi connectivity index (χ0) is 22.4. The molecule has 3 aromatic rings. The highest BCUT2D eigenvalue weighted by molar-refractivity contribution is 6.07. The van der Waals surface area contributed by atoms with Crippen molar-refractivity contribution in [3.05, 3.63) is 95.4 Å². The van der Waals surface area contributed by atoms with Crippen molar-refractivity contribution in [2.45, 2.75) is 6.92 Å². The predicted molar refractivity (Wildman–Crippen MR) is 118 cm³/mol. The number of aliphatic imine (C=N–C) groups is 1. The maximum Gasteiger partial charge on any atom is 0.263 e. The number of pyridine rings is 2.